The quantitative estimate of drug-likeness (QED) is 0.700. The van der Waals surface area contributed by atoms with Crippen molar-refractivity contribution in [3.63, 3.8) is 0 Å². The molecule has 120 valence electrons. The van der Waals surface area contributed by atoms with Gasteiger partial charge in [-0.3, -0.25) is 9.59 Å². The number of hydrogen-bond donors (Lipinski definition) is 3. The highest BCUT2D eigenvalue weighted by molar-refractivity contribution is 5.88. The lowest BCUT2D eigenvalue weighted by molar-refractivity contribution is -0.138. The van der Waals surface area contributed by atoms with E-state index < -0.39 is 30.6 Å². The zero-order valence-electron chi connectivity index (χ0n) is 12.5. The van der Waals surface area contributed by atoms with Crippen molar-refractivity contribution in [2.24, 2.45) is 5.92 Å². The molecule has 0 aliphatic heterocycles. The van der Waals surface area contributed by atoms with E-state index in [1.807, 2.05) is 30.3 Å². The summed E-state index contributed by atoms with van der Waals surface area (Å²) in [6, 6.07) is 8.27. The minimum atomic E-state index is -1.15. The number of carboxylic acid groups (broad SMARTS) is 1. The number of carbonyl (C=O) groups is 3. The van der Waals surface area contributed by atoms with Gasteiger partial charge in [0.25, 0.3) is 0 Å². The highest BCUT2D eigenvalue weighted by atomic mass is 16.5. The maximum atomic E-state index is 11.9. The predicted molar refractivity (Wildman–Crippen MR) is 79.0 cm³/mol. The lowest BCUT2D eigenvalue weighted by Crippen LogP contribution is -2.50. The van der Waals surface area contributed by atoms with Gasteiger partial charge in [0.1, 0.15) is 19.2 Å². The van der Waals surface area contributed by atoms with Gasteiger partial charge in [-0.2, -0.15) is 0 Å². The van der Waals surface area contributed by atoms with Crippen molar-refractivity contribution in [1.29, 1.82) is 0 Å². The van der Waals surface area contributed by atoms with Gasteiger partial charge in [0.2, 0.25) is 5.91 Å². The van der Waals surface area contributed by atoms with Gasteiger partial charge in [0, 0.05) is 0 Å². The highest BCUT2D eigenvalue weighted by Gasteiger charge is 2.25. The van der Waals surface area contributed by atoms with Crippen molar-refractivity contribution >= 4 is 18.0 Å². The first-order chi connectivity index (χ1) is 10.4. The van der Waals surface area contributed by atoms with Crippen LogP contribution in [0, 0.1) is 5.92 Å². The molecule has 2 amide bonds. The topological polar surface area (TPSA) is 105 Å². The molecule has 0 radical (unpaired) electrons. The van der Waals surface area contributed by atoms with E-state index in [0.717, 1.165) is 5.56 Å². The Hall–Kier alpha value is -2.57. The molecule has 0 aliphatic carbocycles. The third-order valence-electron chi connectivity index (χ3n) is 2.85. The molecule has 0 aromatic heterocycles. The molecule has 0 bridgehead atoms. The van der Waals surface area contributed by atoms with Crippen LogP contribution in [0.5, 0.6) is 0 Å². The van der Waals surface area contributed by atoms with E-state index in [2.05, 4.69) is 10.6 Å². The summed E-state index contributed by atoms with van der Waals surface area (Å²) in [5.74, 6) is -1.92. The molecule has 0 aliphatic rings. The Labute approximate surface area is 128 Å². The molecule has 0 spiro atoms. The molecule has 1 rings (SSSR count). The van der Waals surface area contributed by atoms with Crippen LogP contribution in [-0.2, 0) is 20.9 Å². The van der Waals surface area contributed by atoms with Crippen LogP contribution in [0.2, 0.25) is 0 Å². The number of hydrogen-bond acceptors (Lipinski definition) is 4. The van der Waals surface area contributed by atoms with Gasteiger partial charge < -0.3 is 20.5 Å². The molecule has 22 heavy (non-hydrogen) atoms. The molecule has 0 saturated heterocycles. The standard InChI is InChI=1S/C15H20N2O5/c1-10(2)13(14(20)16-8-12(18)19)17-15(21)22-9-11-6-4-3-5-7-11/h3-7,10,13H,8-9H2,1-2H3,(H,16,20)(H,17,21)(H,18,19). The van der Waals surface area contributed by atoms with Crippen LogP contribution in [0.1, 0.15) is 19.4 Å². The first-order valence-electron chi connectivity index (χ1n) is 6.87. The molecular formula is C15H20N2O5. The summed E-state index contributed by atoms with van der Waals surface area (Å²) in [6.07, 6.45) is -0.729. The van der Waals surface area contributed by atoms with Crippen molar-refractivity contribution < 1.29 is 24.2 Å². The van der Waals surface area contributed by atoms with E-state index in [4.69, 9.17) is 9.84 Å². The maximum absolute atomic E-state index is 11.9. The molecule has 1 unspecified atom stereocenters. The highest BCUT2D eigenvalue weighted by Crippen LogP contribution is 2.04. The monoisotopic (exact) mass is 308 g/mol. The zero-order valence-corrected chi connectivity index (χ0v) is 12.5. The van der Waals surface area contributed by atoms with Crippen molar-refractivity contribution in [3.05, 3.63) is 35.9 Å². The summed E-state index contributed by atoms with van der Waals surface area (Å²) in [6.45, 7) is 3.07. The average molecular weight is 308 g/mol. The second-order valence-electron chi connectivity index (χ2n) is 5.04. The number of carboxylic acids is 1. The lowest BCUT2D eigenvalue weighted by Gasteiger charge is -2.21. The summed E-state index contributed by atoms with van der Waals surface area (Å²) < 4.78 is 5.04. The molecule has 0 saturated carbocycles. The molecule has 0 fully saturated rings. The van der Waals surface area contributed by atoms with Gasteiger partial charge in [-0.15, -0.1) is 0 Å². The van der Waals surface area contributed by atoms with Gasteiger partial charge in [-0.25, -0.2) is 4.79 Å². The second-order valence-corrected chi connectivity index (χ2v) is 5.04. The third-order valence-corrected chi connectivity index (χ3v) is 2.85. The fraction of sp³-hybridized carbons (Fsp3) is 0.400. The number of rotatable bonds is 7. The molecule has 1 atom stereocenters. The van der Waals surface area contributed by atoms with Gasteiger partial charge in [-0.05, 0) is 11.5 Å². The lowest BCUT2D eigenvalue weighted by atomic mass is 10.0. The number of alkyl carbamates (subject to hydrolysis) is 1. The number of nitrogens with one attached hydrogen (secondary N) is 2. The van der Waals surface area contributed by atoms with Crippen molar-refractivity contribution in [2.45, 2.75) is 26.5 Å². The van der Waals surface area contributed by atoms with Crippen LogP contribution in [0.25, 0.3) is 0 Å². The largest absolute Gasteiger partial charge is 0.480 e. The molecule has 0 heterocycles. The van der Waals surface area contributed by atoms with Crippen LogP contribution in [0.4, 0.5) is 4.79 Å². The smallest absolute Gasteiger partial charge is 0.408 e. The fourth-order valence-corrected chi connectivity index (χ4v) is 1.70. The van der Waals surface area contributed by atoms with Crippen LogP contribution in [0.3, 0.4) is 0 Å². The Morgan fingerprint density at radius 3 is 2.36 bits per heavy atom. The van der Waals surface area contributed by atoms with E-state index in [0.29, 0.717) is 0 Å². The van der Waals surface area contributed by atoms with Crippen LogP contribution >= 0.6 is 0 Å². The third kappa shape index (κ3) is 6.25. The van der Waals surface area contributed by atoms with Gasteiger partial charge in [0.05, 0.1) is 0 Å². The van der Waals surface area contributed by atoms with Crippen molar-refractivity contribution in [2.75, 3.05) is 6.54 Å². The van der Waals surface area contributed by atoms with E-state index in [-0.39, 0.29) is 12.5 Å². The molecular weight excluding hydrogens is 288 g/mol. The van der Waals surface area contributed by atoms with Crippen LogP contribution in [0.15, 0.2) is 30.3 Å². The van der Waals surface area contributed by atoms with Crippen molar-refractivity contribution in [3.8, 4) is 0 Å². The summed E-state index contributed by atoms with van der Waals surface area (Å²) in [5, 5.41) is 13.2. The summed E-state index contributed by atoms with van der Waals surface area (Å²) in [5.41, 5.74) is 0.828. The van der Waals surface area contributed by atoms with E-state index in [1.54, 1.807) is 13.8 Å². The number of ether oxygens (including phenoxy) is 1. The maximum Gasteiger partial charge on any atom is 0.408 e. The zero-order chi connectivity index (χ0) is 16.5. The second kappa shape index (κ2) is 8.66. The molecule has 3 N–H and O–H groups in total. The molecule has 1 aromatic rings. The summed E-state index contributed by atoms with van der Waals surface area (Å²) >= 11 is 0. The van der Waals surface area contributed by atoms with Gasteiger partial charge in [0.15, 0.2) is 0 Å². The number of aliphatic carboxylic acids is 1. The van der Waals surface area contributed by atoms with E-state index in [9.17, 15) is 14.4 Å². The minimum Gasteiger partial charge on any atom is -0.480 e. The Balaban J connectivity index is 2.50. The minimum absolute atomic E-state index is 0.0915. The molecule has 7 nitrogen and oxygen atoms in total. The van der Waals surface area contributed by atoms with Crippen LogP contribution in [-0.4, -0.2) is 35.7 Å². The Morgan fingerprint density at radius 1 is 1.18 bits per heavy atom. The normalized spacial score (nSPS) is 11.6. The Morgan fingerprint density at radius 2 is 1.82 bits per heavy atom. The summed E-state index contributed by atoms with van der Waals surface area (Å²) in [4.78, 5) is 34.0. The number of amides is 2. The van der Waals surface area contributed by atoms with Crippen molar-refractivity contribution in [1.82, 2.24) is 10.6 Å². The number of benzene rings is 1. The molecule has 1 aromatic carbocycles. The van der Waals surface area contributed by atoms with Gasteiger partial charge >= 0.3 is 12.1 Å². The SMILES string of the molecule is CC(C)C(NC(=O)OCc1ccccc1)C(=O)NCC(=O)O. The van der Waals surface area contributed by atoms with E-state index >= 15 is 0 Å². The van der Waals surface area contributed by atoms with Gasteiger partial charge in [-0.1, -0.05) is 44.2 Å². The number of carbonyl (C=O) groups excluding carboxylic acids is 2. The predicted octanol–water partition coefficient (Wildman–Crippen LogP) is 1.14. The fourth-order valence-electron chi connectivity index (χ4n) is 1.70. The summed E-state index contributed by atoms with van der Waals surface area (Å²) in [7, 11) is 0. The van der Waals surface area contributed by atoms with E-state index in [1.165, 1.54) is 0 Å². The Kier molecular flexibility index (Phi) is 6.88. The van der Waals surface area contributed by atoms with Crippen LogP contribution < -0.4 is 10.6 Å². The molecule has 7 heteroatoms. The first kappa shape index (κ1) is 17.5. The first-order valence-corrected chi connectivity index (χ1v) is 6.87. The Bertz CT molecular complexity index is 516. The average Bonchev–Trinajstić information content (AvgIpc) is 2.49.